The summed E-state index contributed by atoms with van der Waals surface area (Å²) in [5.41, 5.74) is 2.92. The first-order valence-corrected chi connectivity index (χ1v) is 8.47. The summed E-state index contributed by atoms with van der Waals surface area (Å²) < 4.78 is 10.2. The second-order valence-electron chi connectivity index (χ2n) is 6.12. The van der Waals surface area contributed by atoms with Gasteiger partial charge in [-0.2, -0.15) is 0 Å². The maximum atomic E-state index is 12.5. The quantitative estimate of drug-likeness (QED) is 0.789. The fourth-order valence-electron chi connectivity index (χ4n) is 2.98. The number of esters is 1. The Labute approximate surface area is 152 Å². The summed E-state index contributed by atoms with van der Waals surface area (Å²) in [5, 5.41) is 0. The zero-order valence-electron chi connectivity index (χ0n) is 14.6. The topological polar surface area (TPSA) is 55.8 Å². The summed E-state index contributed by atoms with van der Waals surface area (Å²) in [6, 6.07) is 18.6. The first-order valence-electron chi connectivity index (χ1n) is 8.47. The van der Waals surface area contributed by atoms with Crippen molar-refractivity contribution in [1.29, 1.82) is 0 Å². The maximum absolute atomic E-state index is 12.5. The van der Waals surface area contributed by atoms with Crippen LogP contribution in [-0.2, 0) is 20.9 Å². The number of carbonyl (C=O) groups excluding carboxylic acids is 2. The SMILES string of the molecule is COC(=O)C1C/C(=C/c2ccccc2)CN1C(=O)OCc1ccccc1. The number of ether oxygens (including phenoxy) is 2. The van der Waals surface area contributed by atoms with Crippen LogP contribution in [0.25, 0.3) is 6.08 Å². The summed E-state index contributed by atoms with van der Waals surface area (Å²) >= 11 is 0. The zero-order valence-corrected chi connectivity index (χ0v) is 14.6. The van der Waals surface area contributed by atoms with Crippen LogP contribution in [0.2, 0.25) is 0 Å². The minimum atomic E-state index is -0.654. The zero-order chi connectivity index (χ0) is 18.4. The monoisotopic (exact) mass is 351 g/mol. The second kappa shape index (κ2) is 8.34. The van der Waals surface area contributed by atoms with Gasteiger partial charge in [-0.25, -0.2) is 9.59 Å². The molecule has 0 spiro atoms. The lowest BCUT2D eigenvalue weighted by Gasteiger charge is -2.21. The number of benzene rings is 2. The van der Waals surface area contributed by atoms with E-state index in [2.05, 4.69) is 0 Å². The summed E-state index contributed by atoms with van der Waals surface area (Å²) in [6.07, 6.45) is 1.93. The van der Waals surface area contributed by atoms with Crippen molar-refractivity contribution >= 4 is 18.1 Å². The molecular weight excluding hydrogens is 330 g/mol. The van der Waals surface area contributed by atoms with Crippen molar-refractivity contribution in [2.45, 2.75) is 19.1 Å². The van der Waals surface area contributed by atoms with Crippen molar-refractivity contribution < 1.29 is 19.1 Å². The molecule has 0 aliphatic carbocycles. The number of carbonyl (C=O) groups is 2. The lowest BCUT2D eigenvalue weighted by molar-refractivity contribution is -0.145. The van der Waals surface area contributed by atoms with E-state index in [1.807, 2.05) is 66.7 Å². The Morgan fingerprint density at radius 2 is 1.73 bits per heavy atom. The van der Waals surface area contributed by atoms with Crippen molar-refractivity contribution in [3.05, 3.63) is 77.4 Å². The average Bonchev–Trinajstić information content (AvgIpc) is 3.11. The highest BCUT2D eigenvalue weighted by molar-refractivity contribution is 5.83. The van der Waals surface area contributed by atoms with E-state index in [4.69, 9.17) is 9.47 Å². The number of likely N-dealkylation sites (tertiary alicyclic amines) is 1. The van der Waals surface area contributed by atoms with Crippen molar-refractivity contribution in [1.82, 2.24) is 4.90 Å². The third-order valence-corrected chi connectivity index (χ3v) is 4.29. The lowest BCUT2D eigenvalue weighted by atomic mass is 10.1. The third kappa shape index (κ3) is 4.30. The Hall–Kier alpha value is -3.08. The highest BCUT2D eigenvalue weighted by Crippen LogP contribution is 2.26. The van der Waals surface area contributed by atoms with E-state index in [0.717, 1.165) is 16.7 Å². The smallest absolute Gasteiger partial charge is 0.411 e. The fourth-order valence-corrected chi connectivity index (χ4v) is 2.98. The molecule has 134 valence electrons. The molecule has 1 saturated heterocycles. The summed E-state index contributed by atoms with van der Waals surface area (Å²) in [6.45, 7) is 0.518. The van der Waals surface area contributed by atoms with Gasteiger partial charge in [0.2, 0.25) is 0 Å². The Balaban J connectivity index is 1.71. The molecule has 2 aromatic rings. The van der Waals surface area contributed by atoms with Gasteiger partial charge in [0.25, 0.3) is 0 Å². The van der Waals surface area contributed by atoms with E-state index in [1.165, 1.54) is 12.0 Å². The molecule has 0 N–H and O–H groups in total. The molecule has 0 aromatic heterocycles. The van der Waals surface area contributed by atoms with Gasteiger partial charge in [0.05, 0.1) is 7.11 Å². The number of nitrogens with zero attached hydrogens (tertiary/aromatic N) is 1. The van der Waals surface area contributed by atoms with Gasteiger partial charge in [-0.05, 0) is 16.7 Å². The molecule has 0 bridgehead atoms. The van der Waals surface area contributed by atoms with Crippen molar-refractivity contribution in [2.75, 3.05) is 13.7 Å². The van der Waals surface area contributed by atoms with E-state index in [1.54, 1.807) is 0 Å². The molecule has 0 radical (unpaired) electrons. The van der Waals surface area contributed by atoms with Gasteiger partial charge in [-0.1, -0.05) is 66.7 Å². The number of hydrogen-bond acceptors (Lipinski definition) is 4. The number of methoxy groups -OCH3 is 1. The Bertz CT molecular complexity index is 786. The first-order chi connectivity index (χ1) is 12.7. The molecule has 1 atom stereocenters. The number of amides is 1. The third-order valence-electron chi connectivity index (χ3n) is 4.29. The van der Waals surface area contributed by atoms with Crippen LogP contribution in [-0.4, -0.2) is 36.7 Å². The van der Waals surface area contributed by atoms with E-state index in [0.29, 0.717) is 13.0 Å². The van der Waals surface area contributed by atoms with Crippen LogP contribution in [0.3, 0.4) is 0 Å². The van der Waals surface area contributed by atoms with E-state index >= 15 is 0 Å². The van der Waals surface area contributed by atoms with Gasteiger partial charge >= 0.3 is 12.1 Å². The molecule has 26 heavy (non-hydrogen) atoms. The summed E-state index contributed by atoms with van der Waals surface area (Å²) in [5.74, 6) is -0.432. The minimum absolute atomic E-state index is 0.168. The molecule has 1 fully saturated rings. The highest BCUT2D eigenvalue weighted by Gasteiger charge is 2.38. The van der Waals surface area contributed by atoms with Gasteiger partial charge in [0.1, 0.15) is 12.6 Å². The number of hydrogen-bond donors (Lipinski definition) is 0. The molecule has 2 aromatic carbocycles. The van der Waals surface area contributed by atoms with Gasteiger partial charge in [0, 0.05) is 13.0 Å². The minimum Gasteiger partial charge on any atom is -0.467 e. The van der Waals surface area contributed by atoms with Crippen LogP contribution >= 0.6 is 0 Å². The molecule has 5 heteroatoms. The van der Waals surface area contributed by atoms with Crippen LogP contribution in [0.4, 0.5) is 4.79 Å². The Morgan fingerprint density at radius 3 is 2.38 bits per heavy atom. The van der Waals surface area contributed by atoms with Crippen LogP contribution < -0.4 is 0 Å². The van der Waals surface area contributed by atoms with Gasteiger partial charge in [-0.15, -0.1) is 0 Å². The van der Waals surface area contributed by atoms with Gasteiger partial charge in [0.15, 0.2) is 0 Å². The summed E-state index contributed by atoms with van der Waals surface area (Å²) in [4.78, 5) is 26.1. The molecule has 3 rings (SSSR count). The standard InChI is InChI=1S/C21H21NO4/c1-25-20(23)19-13-18(12-16-8-4-2-5-9-16)14-22(19)21(24)26-15-17-10-6-3-7-11-17/h2-12,19H,13-15H2,1H3/b18-12-. The predicted molar refractivity (Wildman–Crippen MR) is 98.2 cm³/mol. The van der Waals surface area contributed by atoms with Crippen LogP contribution in [0, 0.1) is 0 Å². The van der Waals surface area contributed by atoms with Crippen LogP contribution in [0.15, 0.2) is 66.2 Å². The molecule has 1 heterocycles. The van der Waals surface area contributed by atoms with Crippen molar-refractivity contribution in [3.63, 3.8) is 0 Å². The van der Waals surface area contributed by atoms with E-state index in [-0.39, 0.29) is 6.61 Å². The maximum Gasteiger partial charge on any atom is 0.411 e. The molecule has 1 aliphatic rings. The van der Waals surface area contributed by atoms with E-state index in [9.17, 15) is 9.59 Å². The number of rotatable bonds is 4. The van der Waals surface area contributed by atoms with Gasteiger partial charge < -0.3 is 9.47 Å². The van der Waals surface area contributed by atoms with Crippen molar-refractivity contribution in [2.24, 2.45) is 0 Å². The molecule has 0 saturated carbocycles. The van der Waals surface area contributed by atoms with Crippen LogP contribution in [0.1, 0.15) is 17.5 Å². The Morgan fingerprint density at radius 1 is 1.08 bits per heavy atom. The molecule has 1 unspecified atom stereocenters. The van der Waals surface area contributed by atoms with E-state index < -0.39 is 18.1 Å². The summed E-state index contributed by atoms with van der Waals surface area (Å²) in [7, 11) is 1.33. The first kappa shape index (κ1) is 17.7. The highest BCUT2D eigenvalue weighted by atomic mass is 16.6. The van der Waals surface area contributed by atoms with Crippen molar-refractivity contribution in [3.8, 4) is 0 Å². The second-order valence-corrected chi connectivity index (χ2v) is 6.12. The average molecular weight is 351 g/mol. The lowest BCUT2D eigenvalue weighted by Crippen LogP contribution is -2.41. The normalized spacial score (nSPS) is 18.0. The van der Waals surface area contributed by atoms with Crippen LogP contribution in [0.5, 0.6) is 0 Å². The largest absolute Gasteiger partial charge is 0.467 e. The molecular formula is C21H21NO4. The molecule has 1 amide bonds. The fraction of sp³-hybridized carbons (Fsp3) is 0.238. The molecule has 5 nitrogen and oxygen atoms in total. The van der Waals surface area contributed by atoms with Gasteiger partial charge in [-0.3, -0.25) is 4.90 Å². The molecule has 1 aliphatic heterocycles. The Kier molecular flexibility index (Phi) is 5.69. The predicted octanol–water partition coefficient (Wildman–Crippen LogP) is 3.65.